The van der Waals surface area contributed by atoms with Gasteiger partial charge in [-0.1, -0.05) is 12.8 Å². The molecule has 3 atom stereocenters. The van der Waals surface area contributed by atoms with Crippen LogP contribution >= 0.6 is 0 Å². The fourth-order valence-corrected chi connectivity index (χ4v) is 2.20. The highest BCUT2D eigenvalue weighted by Crippen LogP contribution is 2.26. The number of aliphatic hydroxyl groups is 1. The van der Waals surface area contributed by atoms with Gasteiger partial charge in [0.1, 0.15) is 0 Å². The van der Waals surface area contributed by atoms with Gasteiger partial charge in [-0.2, -0.15) is 5.10 Å². The minimum Gasteiger partial charge on any atom is -0.480 e. The highest BCUT2D eigenvalue weighted by molar-refractivity contribution is 6.13. The lowest BCUT2D eigenvalue weighted by atomic mass is 9.92. The van der Waals surface area contributed by atoms with Crippen LogP contribution in [0, 0.1) is 5.92 Å². The number of carbonyl (C=O) groups excluding carboxylic acids is 1. The molecule has 0 saturated heterocycles. The van der Waals surface area contributed by atoms with E-state index < -0.39 is 23.9 Å². The summed E-state index contributed by atoms with van der Waals surface area (Å²) in [7, 11) is 0. The molecule has 1 aliphatic heterocycles. The summed E-state index contributed by atoms with van der Waals surface area (Å²) in [4.78, 5) is 22.4. The number of aliphatic carboxylic acids is 1. The van der Waals surface area contributed by atoms with Gasteiger partial charge in [0.2, 0.25) is 0 Å². The molecule has 0 aromatic carbocycles. The SMILES string of the molecule is O=C(O)C1C=NN(C2CCCCC2O)C1=O. The number of nitrogens with zero attached hydrogens (tertiary/aromatic N) is 2. The summed E-state index contributed by atoms with van der Waals surface area (Å²) in [5.41, 5.74) is 0. The Kier molecular flexibility index (Phi) is 2.91. The molecule has 0 radical (unpaired) electrons. The van der Waals surface area contributed by atoms with Crippen LogP contribution < -0.4 is 0 Å². The lowest BCUT2D eigenvalue weighted by molar-refractivity contribution is -0.148. The van der Waals surface area contributed by atoms with Crippen molar-refractivity contribution in [2.75, 3.05) is 0 Å². The summed E-state index contributed by atoms with van der Waals surface area (Å²) >= 11 is 0. The van der Waals surface area contributed by atoms with Gasteiger partial charge in [-0.15, -0.1) is 0 Å². The van der Waals surface area contributed by atoms with Gasteiger partial charge in [-0.25, -0.2) is 5.01 Å². The number of hydrogen-bond acceptors (Lipinski definition) is 4. The number of carboxylic acids is 1. The zero-order valence-corrected chi connectivity index (χ0v) is 8.74. The molecule has 1 amide bonds. The number of hydrazone groups is 1. The Labute approximate surface area is 92.5 Å². The number of carboxylic acid groups (broad SMARTS) is 1. The molecule has 88 valence electrons. The smallest absolute Gasteiger partial charge is 0.321 e. The van der Waals surface area contributed by atoms with Crippen molar-refractivity contribution >= 4 is 18.1 Å². The van der Waals surface area contributed by atoms with E-state index >= 15 is 0 Å². The zero-order chi connectivity index (χ0) is 11.7. The third kappa shape index (κ3) is 1.80. The van der Waals surface area contributed by atoms with E-state index in [0.29, 0.717) is 12.8 Å². The second-order valence-corrected chi connectivity index (χ2v) is 4.18. The van der Waals surface area contributed by atoms with E-state index in [9.17, 15) is 14.7 Å². The average Bonchev–Trinajstić information content (AvgIpc) is 2.61. The highest BCUT2D eigenvalue weighted by atomic mass is 16.4. The third-order valence-electron chi connectivity index (χ3n) is 3.11. The van der Waals surface area contributed by atoms with E-state index in [-0.39, 0.29) is 6.04 Å². The Morgan fingerprint density at radius 3 is 2.69 bits per heavy atom. The van der Waals surface area contributed by atoms with Gasteiger partial charge >= 0.3 is 5.97 Å². The van der Waals surface area contributed by atoms with Crippen LogP contribution in [0.15, 0.2) is 5.10 Å². The largest absolute Gasteiger partial charge is 0.480 e. The average molecular weight is 226 g/mol. The molecule has 6 nitrogen and oxygen atoms in total. The first kappa shape index (κ1) is 11.1. The number of carbonyl (C=O) groups is 2. The number of aliphatic hydroxyl groups excluding tert-OH is 1. The van der Waals surface area contributed by atoms with Crippen molar-refractivity contribution in [3.8, 4) is 0 Å². The molecule has 2 rings (SSSR count). The molecule has 1 heterocycles. The fourth-order valence-electron chi connectivity index (χ4n) is 2.20. The van der Waals surface area contributed by atoms with Gasteiger partial charge < -0.3 is 10.2 Å². The van der Waals surface area contributed by atoms with Crippen LogP contribution in [0.1, 0.15) is 25.7 Å². The van der Waals surface area contributed by atoms with Crippen molar-refractivity contribution < 1.29 is 19.8 Å². The summed E-state index contributed by atoms with van der Waals surface area (Å²) in [5, 5.41) is 23.5. The molecule has 0 spiro atoms. The normalized spacial score (nSPS) is 34.4. The van der Waals surface area contributed by atoms with Crippen molar-refractivity contribution in [2.24, 2.45) is 11.0 Å². The first-order valence-electron chi connectivity index (χ1n) is 5.39. The predicted octanol–water partition coefficient (Wildman–Crippen LogP) is -0.181. The van der Waals surface area contributed by atoms with Gasteiger partial charge in [-0.05, 0) is 12.8 Å². The minimum absolute atomic E-state index is 0.359. The summed E-state index contributed by atoms with van der Waals surface area (Å²) < 4.78 is 0. The van der Waals surface area contributed by atoms with E-state index in [1.165, 1.54) is 0 Å². The van der Waals surface area contributed by atoms with Gasteiger partial charge in [0.15, 0.2) is 5.92 Å². The maximum Gasteiger partial charge on any atom is 0.321 e. The third-order valence-corrected chi connectivity index (χ3v) is 3.11. The molecule has 2 aliphatic rings. The Balaban J connectivity index is 2.09. The van der Waals surface area contributed by atoms with Gasteiger partial charge in [0, 0.05) is 6.21 Å². The van der Waals surface area contributed by atoms with Gasteiger partial charge in [-0.3, -0.25) is 9.59 Å². The Bertz CT molecular complexity index is 342. The zero-order valence-electron chi connectivity index (χ0n) is 8.74. The summed E-state index contributed by atoms with van der Waals surface area (Å²) in [6, 6.07) is -0.359. The predicted molar refractivity (Wildman–Crippen MR) is 54.7 cm³/mol. The molecule has 0 aromatic heterocycles. The standard InChI is InChI=1S/C10H14N2O4/c13-8-4-2-1-3-7(8)12-9(14)6(5-11-12)10(15)16/h5-8,13H,1-4H2,(H,15,16). The Morgan fingerprint density at radius 2 is 2.12 bits per heavy atom. The van der Waals surface area contributed by atoms with Crippen LogP contribution in [0.25, 0.3) is 0 Å². The molecule has 1 aliphatic carbocycles. The van der Waals surface area contributed by atoms with Gasteiger partial charge in [0.05, 0.1) is 12.1 Å². The molecule has 0 aromatic rings. The summed E-state index contributed by atoms with van der Waals surface area (Å²) in [6.07, 6.45) is 3.72. The molecule has 1 saturated carbocycles. The Morgan fingerprint density at radius 1 is 1.44 bits per heavy atom. The summed E-state index contributed by atoms with van der Waals surface area (Å²) in [5.74, 6) is -2.92. The topological polar surface area (TPSA) is 90.2 Å². The van der Waals surface area contributed by atoms with Crippen LogP contribution in [0.3, 0.4) is 0 Å². The minimum atomic E-state index is -1.19. The van der Waals surface area contributed by atoms with Crippen molar-refractivity contribution in [3.05, 3.63) is 0 Å². The number of rotatable bonds is 2. The van der Waals surface area contributed by atoms with Crippen LogP contribution in [0.4, 0.5) is 0 Å². The van der Waals surface area contributed by atoms with Crippen LogP contribution in [-0.2, 0) is 9.59 Å². The molecular formula is C10H14N2O4. The second kappa shape index (κ2) is 4.21. The van der Waals surface area contributed by atoms with Crippen molar-refractivity contribution in [2.45, 2.75) is 37.8 Å². The first-order chi connectivity index (χ1) is 7.61. The van der Waals surface area contributed by atoms with Crippen LogP contribution in [-0.4, -0.2) is 45.5 Å². The summed E-state index contributed by atoms with van der Waals surface area (Å²) in [6.45, 7) is 0. The van der Waals surface area contributed by atoms with Crippen molar-refractivity contribution in [1.29, 1.82) is 0 Å². The number of hydrogen-bond donors (Lipinski definition) is 2. The highest BCUT2D eigenvalue weighted by Gasteiger charge is 2.40. The van der Waals surface area contributed by atoms with E-state index in [1.54, 1.807) is 0 Å². The molecular weight excluding hydrogens is 212 g/mol. The number of amides is 1. The molecule has 1 fully saturated rings. The Hall–Kier alpha value is -1.43. The van der Waals surface area contributed by atoms with Crippen LogP contribution in [0.5, 0.6) is 0 Å². The fraction of sp³-hybridized carbons (Fsp3) is 0.700. The lowest BCUT2D eigenvalue weighted by Gasteiger charge is -2.32. The molecule has 16 heavy (non-hydrogen) atoms. The lowest BCUT2D eigenvalue weighted by Crippen LogP contribution is -2.46. The first-order valence-corrected chi connectivity index (χ1v) is 5.39. The molecule has 0 bridgehead atoms. The molecule has 2 N–H and O–H groups in total. The van der Waals surface area contributed by atoms with E-state index in [4.69, 9.17) is 5.11 Å². The molecule has 3 unspecified atom stereocenters. The van der Waals surface area contributed by atoms with Gasteiger partial charge in [0.25, 0.3) is 5.91 Å². The maximum absolute atomic E-state index is 11.7. The maximum atomic E-state index is 11.7. The van der Waals surface area contributed by atoms with E-state index in [0.717, 1.165) is 24.1 Å². The second-order valence-electron chi connectivity index (χ2n) is 4.18. The monoisotopic (exact) mass is 226 g/mol. The quantitative estimate of drug-likeness (QED) is 0.639. The van der Waals surface area contributed by atoms with Crippen molar-refractivity contribution in [1.82, 2.24) is 5.01 Å². The van der Waals surface area contributed by atoms with E-state index in [2.05, 4.69) is 5.10 Å². The molecule has 6 heteroatoms. The van der Waals surface area contributed by atoms with Crippen LogP contribution in [0.2, 0.25) is 0 Å². The van der Waals surface area contributed by atoms with E-state index in [1.807, 2.05) is 0 Å². The van der Waals surface area contributed by atoms with Crippen molar-refractivity contribution in [3.63, 3.8) is 0 Å².